The van der Waals surface area contributed by atoms with Crippen molar-refractivity contribution < 1.29 is 19.4 Å². The van der Waals surface area contributed by atoms with Gasteiger partial charge < -0.3 is 14.6 Å². The van der Waals surface area contributed by atoms with Crippen molar-refractivity contribution in [3.05, 3.63) is 59.7 Å². The Morgan fingerprint density at radius 3 is 2.57 bits per heavy atom. The lowest BCUT2D eigenvalue weighted by Gasteiger charge is -2.05. The summed E-state index contributed by atoms with van der Waals surface area (Å²) < 4.78 is 10.2. The lowest BCUT2D eigenvalue weighted by atomic mass is 10.0. The molecule has 0 aliphatic heterocycles. The topological polar surface area (TPSA) is 79.5 Å². The van der Waals surface area contributed by atoms with E-state index in [1.807, 2.05) is 6.07 Å². The Bertz CT molecular complexity index is 757. The molecule has 2 rings (SSSR count). The van der Waals surface area contributed by atoms with Crippen molar-refractivity contribution in [3.8, 4) is 17.6 Å². The third-order valence-corrected chi connectivity index (χ3v) is 3.05. The van der Waals surface area contributed by atoms with E-state index in [1.54, 1.807) is 55.7 Å². The van der Waals surface area contributed by atoms with E-state index >= 15 is 0 Å². The molecular formula is C18H15NO4. The fourth-order valence-electron chi connectivity index (χ4n) is 1.96. The van der Waals surface area contributed by atoms with Crippen LogP contribution in [-0.4, -0.2) is 24.8 Å². The first-order valence-corrected chi connectivity index (χ1v) is 6.83. The summed E-state index contributed by atoms with van der Waals surface area (Å²) in [4.78, 5) is 10.5. The van der Waals surface area contributed by atoms with Gasteiger partial charge in [-0.1, -0.05) is 12.1 Å². The van der Waals surface area contributed by atoms with E-state index in [0.29, 0.717) is 11.3 Å². The summed E-state index contributed by atoms with van der Waals surface area (Å²) in [5, 5.41) is 18.0. The molecule has 0 radical (unpaired) electrons. The molecule has 0 amide bonds. The second kappa shape index (κ2) is 7.66. The molecule has 0 heterocycles. The van der Waals surface area contributed by atoms with E-state index in [9.17, 15) is 10.1 Å². The highest BCUT2D eigenvalue weighted by Crippen LogP contribution is 2.22. The van der Waals surface area contributed by atoms with Gasteiger partial charge in [-0.3, -0.25) is 0 Å². The molecule has 0 aliphatic carbocycles. The zero-order valence-corrected chi connectivity index (χ0v) is 12.5. The van der Waals surface area contributed by atoms with Crippen LogP contribution in [-0.2, 0) is 4.79 Å². The molecule has 0 unspecified atom stereocenters. The molecule has 0 aromatic heterocycles. The van der Waals surface area contributed by atoms with Crippen LogP contribution in [0.1, 0.15) is 11.1 Å². The number of rotatable bonds is 6. The number of nitrogens with zero attached hydrogens (tertiary/aromatic N) is 1. The van der Waals surface area contributed by atoms with E-state index in [4.69, 9.17) is 14.6 Å². The third-order valence-electron chi connectivity index (χ3n) is 3.05. The average Bonchev–Trinajstić information content (AvgIpc) is 2.58. The van der Waals surface area contributed by atoms with Gasteiger partial charge >= 0.3 is 5.97 Å². The van der Waals surface area contributed by atoms with Gasteiger partial charge in [-0.15, -0.1) is 0 Å². The summed E-state index contributed by atoms with van der Waals surface area (Å²) in [5.41, 5.74) is 2.01. The van der Waals surface area contributed by atoms with Crippen molar-refractivity contribution in [2.75, 3.05) is 13.7 Å². The van der Waals surface area contributed by atoms with Crippen LogP contribution in [0.15, 0.2) is 48.5 Å². The zero-order valence-electron chi connectivity index (χ0n) is 12.5. The number of hydrogen-bond acceptors (Lipinski definition) is 4. The first-order chi connectivity index (χ1) is 11.1. The molecule has 0 aliphatic rings. The van der Waals surface area contributed by atoms with Crippen LogP contribution in [0, 0.1) is 11.3 Å². The van der Waals surface area contributed by atoms with Crippen molar-refractivity contribution >= 4 is 17.6 Å². The number of ether oxygens (including phenoxy) is 2. The Balaban J connectivity index is 2.25. The maximum Gasteiger partial charge on any atom is 0.341 e. The smallest absolute Gasteiger partial charge is 0.341 e. The number of benzene rings is 2. The number of carbonyl (C=O) groups is 1. The minimum Gasteiger partial charge on any atom is -0.497 e. The van der Waals surface area contributed by atoms with Crippen LogP contribution >= 0.6 is 0 Å². The van der Waals surface area contributed by atoms with Gasteiger partial charge in [0.15, 0.2) is 6.61 Å². The highest BCUT2D eigenvalue weighted by Gasteiger charge is 2.04. The monoisotopic (exact) mass is 309 g/mol. The Hall–Kier alpha value is -3.26. The summed E-state index contributed by atoms with van der Waals surface area (Å²) in [7, 11) is 1.58. The van der Waals surface area contributed by atoms with Gasteiger partial charge in [0, 0.05) is 0 Å². The Kier molecular flexibility index (Phi) is 5.37. The molecule has 0 saturated heterocycles. The van der Waals surface area contributed by atoms with E-state index < -0.39 is 12.6 Å². The molecule has 116 valence electrons. The van der Waals surface area contributed by atoms with Crippen LogP contribution in [0.25, 0.3) is 11.6 Å². The molecule has 1 N–H and O–H groups in total. The van der Waals surface area contributed by atoms with Crippen molar-refractivity contribution in [3.63, 3.8) is 0 Å². The van der Waals surface area contributed by atoms with Crippen LogP contribution < -0.4 is 9.47 Å². The minimum absolute atomic E-state index is 0.406. The van der Waals surface area contributed by atoms with Gasteiger partial charge in [0.2, 0.25) is 0 Å². The average molecular weight is 309 g/mol. The van der Waals surface area contributed by atoms with E-state index in [1.165, 1.54) is 0 Å². The van der Waals surface area contributed by atoms with E-state index in [-0.39, 0.29) is 0 Å². The van der Waals surface area contributed by atoms with Crippen LogP contribution in [0.2, 0.25) is 0 Å². The quantitative estimate of drug-likeness (QED) is 0.654. The second-order valence-corrected chi connectivity index (χ2v) is 4.65. The van der Waals surface area contributed by atoms with Crippen LogP contribution in [0.5, 0.6) is 11.5 Å². The van der Waals surface area contributed by atoms with Gasteiger partial charge in [0.25, 0.3) is 0 Å². The fraction of sp³-hybridized carbons (Fsp3) is 0.111. The Morgan fingerprint density at radius 2 is 1.96 bits per heavy atom. The molecule has 0 atom stereocenters. The largest absolute Gasteiger partial charge is 0.497 e. The molecule has 23 heavy (non-hydrogen) atoms. The molecule has 0 saturated carbocycles. The third kappa shape index (κ3) is 4.61. The van der Waals surface area contributed by atoms with E-state index in [0.717, 1.165) is 16.9 Å². The number of allylic oxidation sites excluding steroid dienone is 1. The number of nitriles is 1. The standard InChI is InChI=1S/C18H15NO4/c1-22-16-7-5-14(6-8-16)15(11-19)9-13-3-2-4-17(10-13)23-12-18(20)21/h2-10H,12H2,1H3,(H,20,21)/b15-9-. The zero-order chi connectivity index (χ0) is 16.7. The first kappa shape index (κ1) is 16.1. The molecular weight excluding hydrogens is 294 g/mol. The summed E-state index contributed by atoms with van der Waals surface area (Å²) in [6, 6.07) is 16.2. The Labute approximate surface area is 134 Å². The first-order valence-electron chi connectivity index (χ1n) is 6.83. The van der Waals surface area contributed by atoms with Gasteiger partial charge in [0.1, 0.15) is 11.5 Å². The summed E-state index contributed by atoms with van der Waals surface area (Å²) in [6.45, 7) is -0.406. The van der Waals surface area contributed by atoms with Crippen molar-refractivity contribution in [1.29, 1.82) is 5.26 Å². The highest BCUT2D eigenvalue weighted by atomic mass is 16.5. The maximum absolute atomic E-state index is 10.5. The number of hydrogen-bond donors (Lipinski definition) is 1. The van der Waals surface area contributed by atoms with E-state index in [2.05, 4.69) is 6.07 Å². The van der Waals surface area contributed by atoms with Crippen molar-refractivity contribution in [2.24, 2.45) is 0 Å². The summed E-state index contributed by atoms with van der Waals surface area (Å²) in [5.74, 6) is 0.116. The SMILES string of the molecule is COc1ccc(/C(C#N)=C\c2cccc(OCC(=O)O)c2)cc1. The van der Waals surface area contributed by atoms with Crippen LogP contribution in [0.4, 0.5) is 0 Å². The molecule has 0 bridgehead atoms. The van der Waals surface area contributed by atoms with Gasteiger partial charge in [-0.2, -0.15) is 5.26 Å². The lowest BCUT2D eigenvalue weighted by Crippen LogP contribution is -2.09. The van der Waals surface area contributed by atoms with Crippen molar-refractivity contribution in [2.45, 2.75) is 0 Å². The fourth-order valence-corrected chi connectivity index (χ4v) is 1.96. The summed E-state index contributed by atoms with van der Waals surface area (Å²) >= 11 is 0. The lowest BCUT2D eigenvalue weighted by molar-refractivity contribution is -0.139. The molecule has 0 spiro atoms. The minimum atomic E-state index is -1.04. The van der Waals surface area contributed by atoms with Gasteiger partial charge in [-0.05, 0) is 53.6 Å². The normalized spacial score (nSPS) is 10.7. The maximum atomic E-state index is 10.5. The highest BCUT2D eigenvalue weighted by molar-refractivity contribution is 5.89. The molecule has 2 aromatic carbocycles. The molecule has 5 nitrogen and oxygen atoms in total. The predicted molar refractivity (Wildman–Crippen MR) is 86.1 cm³/mol. The predicted octanol–water partition coefficient (Wildman–Crippen LogP) is 3.22. The second-order valence-electron chi connectivity index (χ2n) is 4.65. The molecule has 0 fully saturated rings. The molecule has 2 aromatic rings. The number of aliphatic carboxylic acids is 1. The molecule has 5 heteroatoms. The number of carboxylic acid groups (broad SMARTS) is 1. The number of methoxy groups -OCH3 is 1. The van der Waals surface area contributed by atoms with Gasteiger partial charge in [0.05, 0.1) is 18.8 Å². The van der Waals surface area contributed by atoms with Crippen molar-refractivity contribution in [1.82, 2.24) is 0 Å². The van der Waals surface area contributed by atoms with Gasteiger partial charge in [-0.25, -0.2) is 4.79 Å². The number of carboxylic acids is 1. The Morgan fingerprint density at radius 1 is 1.22 bits per heavy atom. The van der Waals surface area contributed by atoms with Crippen LogP contribution in [0.3, 0.4) is 0 Å². The summed E-state index contributed by atoms with van der Waals surface area (Å²) in [6.07, 6.45) is 1.72.